The Hall–Kier alpha value is -2.87. The zero-order valence-corrected chi connectivity index (χ0v) is 24.5. The lowest BCUT2D eigenvalue weighted by Gasteiger charge is -2.20. The fourth-order valence-electron chi connectivity index (χ4n) is 5.02. The molecule has 4 aromatic rings. The number of anilines is 1. The Labute approximate surface area is 236 Å². The van der Waals surface area contributed by atoms with Gasteiger partial charge in [-0.2, -0.15) is 0 Å². The highest BCUT2D eigenvalue weighted by atomic mass is 32.1. The molecule has 3 N–H and O–H groups in total. The first-order chi connectivity index (χ1) is 19.2. The second-order valence-electron chi connectivity index (χ2n) is 11.4. The van der Waals surface area contributed by atoms with Gasteiger partial charge in [-0.25, -0.2) is 14.4 Å². The molecule has 1 aromatic carbocycles. The van der Waals surface area contributed by atoms with Crippen LogP contribution in [0.5, 0.6) is 5.88 Å². The van der Waals surface area contributed by atoms with Gasteiger partial charge in [0.15, 0.2) is 22.9 Å². The van der Waals surface area contributed by atoms with Gasteiger partial charge in [-0.15, -0.1) is 11.3 Å². The molecule has 5 heterocycles. The molecule has 0 spiro atoms. The van der Waals surface area contributed by atoms with Gasteiger partial charge in [-0.05, 0) is 6.04 Å². The van der Waals surface area contributed by atoms with Gasteiger partial charge in [0, 0.05) is 43.3 Å². The van der Waals surface area contributed by atoms with E-state index in [2.05, 4.69) is 24.6 Å². The van der Waals surface area contributed by atoms with Gasteiger partial charge in [0.25, 0.3) is 0 Å². The number of benzene rings is 1. The molecule has 2 aliphatic rings. The summed E-state index contributed by atoms with van der Waals surface area (Å²) in [4.78, 5) is 9.01. The molecule has 12 heteroatoms. The second kappa shape index (κ2) is 10.8. The number of aromatic nitrogens is 3. The lowest BCUT2D eigenvalue weighted by molar-refractivity contribution is 0.00479. The number of aliphatic hydroxyl groups is 1. The largest absolute Gasteiger partial charge is 0.470 e. The smallest absolute Gasteiger partial charge is 0.198 e. The van der Waals surface area contributed by atoms with Crippen molar-refractivity contribution in [2.24, 2.45) is 0 Å². The van der Waals surface area contributed by atoms with E-state index in [1.165, 1.54) is 17.4 Å². The Morgan fingerprint density at radius 3 is 2.58 bits per heavy atom. The van der Waals surface area contributed by atoms with Crippen LogP contribution in [-0.2, 0) is 20.9 Å². The molecule has 2 aliphatic heterocycles. The SMILES string of the molecule is C[Si](C)(C)CCOCn1c(O[C@@H]2CO[C@H]3[C@@H]2OC[C@H]3O)cc2nc(-c3ccc(-c4csc(N)n4)cc3)c(F)cc21. The van der Waals surface area contributed by atoms with E-state index in [4.69, 9.17) is 29.7 Å². The van der Waals surface area contributed by atoms with E-state index in [0.717, 1.165) is 17.3 Å². The van der Waals surface area contributed by atoms with Crippen molar-refractivity contribution in [1.29, 1.82) is 0 Å². The molecular weight excluding hydrogens is 551 g/mol. The fourth-order valence-corrected chi connectivity index (χ4v) is 6.34. The Morgan fingerprint density at radius 1 is 1.10 bits per heavy atom. The quantitative estimate of drug-likeness (QED) is 0.214. The minimum absolute atomic E-state index is 0.195. The molecule has 40 heavy (non-hydrogen) atoms. The van der Waals surface area contributed by atoms with Gasteiger partial charge in [0.1, 0.15) is 30.7 Å². The number of ether oxygens (including phenoxy) is 4. The van der Waals surface area contributed by atoms with Crippen molar-refractivity contribution in [2.45, 2.75) is 56.8 Å². The molecule has 0 unspecified atom stereocenters. The number of thiazole rings is 1. The monoisotopic (exact) mass is 584 g/mol. The lowest BCUT2D eigenvalue weighted by Crippen LogP contribution is -2.35. The van der Waals surface area contributed by atoms with Gasteiger partial charge in [0.05, 0.1) is 29.9 Å². The van der Waals surface area contributed by atoms with Crippen molar-refractivity contribution in [3.05, 3.63) is 47.6 Å². The van der Waals surface area contributed by atoms with Crippen molar-refractivity contribution in [3.63, 3.8) is 0 Å². The summed E-state index contributed by atoms with van der Waals surface area (Å²) in [5, 5.41) is 12.5. The van der Waals surface area contributed by atoms with Crippen LogP contribution in [0.2, 0.25) is 25.7 Å². The predicted octanol–water partition coefficient (Wildman–Crippen LogP) is 4.77. The first kappa shape index (κ1) is 27.3. The van der Waals surface area contributed by atoms with Crippen LogP contribution in [0.1, 0.15) is 0 Å². The number of halogens is 1. The summed E-state index contributed by atoms with van der Waals surface area (Å²) >= 11 is 1.38. The molecule has 9 nitrogen and oxygen atoms in total. The fraction of sp³-hybridized carbons (Fsp3) is 0.429. The number of hydrogen-bond donors (Lipinski definition) is 2. The number of rotatable bonds is 9. The maximum Gasteiger partial charge on any atom is 0.198 e. The summed E-state index contributed by atoms with van der Waals surface area (Å²) in [5.41, 5.74) is 9.49. The van der Waals surface area contributed by atoms with Crippen LogP contribution in [0.25, 0.3) is 33.5 Å². The molecule has 4 atom stereocenters. The predicted molar refractivity (Wildman–Crippen MR) is 155 cm³/mol. The first-order valence-electron chi connectivity index (χ1n) is 13.3. The van der Waals surface area contributed by atoms with Crippen molar-refractivity contribution < 1.29 is 28.4 Å². The van der Waals surface area contributed by atoms with Gasteiger partial charge < -0.3 is 29.8 Å². The van der Waals surface area contributed by atoms with Crippen LogP contribution < -0.4 is 10.5 Å². The van der Waals surface area contributed by atoms with Gasteiger partial charge >= 0.3 is 0 Å². The third kappa shape index (κ3) is 5.52. The maximum absolute atomic E-state index is 15.5. The van der Waals surface area contributed by atoms with Crippen molar-refractivity contribution in [2.75, 3.05) is 25.6 Å². The molecular formula is C28H33FN4O5SSi. The van der Waals surface area contributed by atoms with Gasteiger partial charge in [-0.3, -0.25) is 4.57 Å². The molecule has 2 saturated heterocycles. The summed E-state index contributed by atoms with van der Waals surface area (Å²) in [6.07, 6.45) is -1.88. The maximum atomic E-state index is 15.5. The number of aliphatic hydroxyl groups excluding tert-OH is 1. The van der Waals surface area contributed by atoms with Crippen LogP contribution in [0.15, 0.2) is 41.8 Å². The van der Waals surface area contributed by atoms with E-state index < -0.39 is 32.2 Å². The zero-order chi connectivity index (χ0) is 28.0. The number of nitrogen functional groups attached to an aromatic ring is 1. The summed E-state index contributed by atoms with van der Waals surface area (Å²) in [5.74, 6) is 0.0421. The number of fused-ring (bicyclic) bond motifs is 2. The Bertz CT molecular complexity index is 1510. The summed E-state index contributed by atoms with van der Waals surface area (Å²) < 4.78 is 41.2. The van der Waals surface area contributed by atoms with Crippen LogP contribution in [0.4, 0.5) is 9.52 Å². The molecule has 0 amide bonds. The summed E-state index contributed by atoms with van der Waals surface area (Å²) in [6, 6.07) is 11.7. The number of nitrogens with two attached hydrogens (primary N) is 1. The average molecular weight is 585 g/mol. The van der Waals surface area contributed by atoms with Gasteiger partial charge in [0.2, 0.25) is 0 Å². The van der Waals surface area contributed by atoms with E-state index in [1.54, 1.807) is 10.6 Å². The van der Waals surface area contributed by atoms with Crippen molar-refractivity contribution in [1.82, 2.24) is 14.5 Å². The van der Waals surface area contributed by atoms with E-state index in [0.29, 0.717) is 34.2 Å². The summed E-state index contributed by atoms with van der Waals surface area (Å²) in [6.45, 7) is 8.18. The van der Waals surface area contributed by atoms with Crippen LogP contribution >= 0.6 is 11.3 Å². The highest BCUT2D eigenvalue weighted by Gasteiger charge is 2.48. The average Bonchev–Trinajstić information content (AvgIpc) is 3.68. The molecule has 2 fully saturated rings. The Balaban J connectivity index is 1.30. The zero-order valence-electron chi connectivity index (χ0n) is 22.7. The second-order valence-corrected chi connectivity index (χ2v) is 18.0. The Morgan fingerprint density at radius 2 is 1.85 bits per heavy atom. The molecule has 3 aromatic heterocycles. The molecule has 0 saturated carbocycles. The van der Waals surface area contributed by atoms with E-state index in [1.807, 2.05) is 29.6 Å². The first-order valence-corrected chi connectivity index (χ1v) is 17.9. The third-order valence-corrected chi connectivity index (χ3v) is 9.63. The van der Waals surface area contributed by atoms with Gasteiger partial charge in [-0.1, -0.05) is 43.9 Å². The van der Waals surface area contributed by atoms with Crippen molar-refractivity contribution >= 4 is 35.6 Å². The van der Waals surface area contributed by atoms with Crippen LogP contribution in [-0.4, -0.2) is 72.0 Å². The topological polar surface area (TPSA) is 114 Å². The number of pyridine rings is 1. The van der Waals surface area contributed by atoms with Crippen molar-refractivity contribution in [3.8, 4) is 28.4 Å². The molecule has 0 aliphatic carbocycles. The normalized spacial score (nSPS) is 22.7. The number of hydrogen-bond acceptors (Lipinski definition) is 9. The molecule has 212 valence electrons. The number of nitrogens with zero attached hydrogens (tertiary/aromatic N) is 3. The molecule has 0 radical (unpaired) electrons. The molecule has 6 rings (SSSR count). The third-order valence-electron chi connectivity index (χ3n) is 7.25. The standard InChI is InChI=1S/C28H33FN4O5SSi/c1-40(2,3)9-8-35-15-33-21-10-18(29)25(17-6-4-16(5-7-17)20-14-39-28(30)32-20)31-19(21)11-24(33)38-23-13-37-26-22(34)12-36-27(23)26/h4-7,10-11,14,22-23,26-27,34H,8-9,12-13,15H2,1-3H3,(H2,30,32)/t22-,23-,26-,27-/m1/s1. The highest BCUT2D eigenvalue weighted by molar-refractivity contribution is 7.13. The van der Waals surface area contributed by atoms with E-state index >= 15 is 4.39 Å². The van der Waals surface area contributed by atoms with Crippen LogP contribution in [0.3, 0.4) is 0 Å². The minimum Gasteiger partial charge on any atom is -0.470 e. The minimum atomic E-state index is -1.28. The molecule has 0 bridgehead atoms. The van der Waals surface area contributed by atoms with E-state index in [-0.39, 0.29) is 31.7 Å². The highest BCUT2D eigenvalue weighted by Crippen LogP contribution is 2.34. The lowest BCUT2D eigenvalue weighted by atomic mass is 10.1. The van der Waals surface area contributed by atoms with Crippen LogP contribution in [0, 0.1) is 5.82 Å². The Kier molecular flexibility index (Phi) is 7.40. The summed E-state index contributed by atoms with van der Waals surface area (Å²) in [7, 11) is -1.28. The van der Waals surface area contributed by atoms with E-state index in [9.17, 15) is 5.11 Å².